The average Bonchev–Trinajstić information content (AvgIpc) is 3.27. The Labute approximate surface area is 130 Å². The lowest BCUT2D eigenvalue weighted by molar-refractivity contribution is -0.127. The number of hydrogen-bond acceptors (Lipinski definition) is 3. The molecule has 1 unspecified atom stereocenters. The van der Waals surface area contributed by atoms with E-state index in [1.807, 2.05) is 4.90 Å². The molecule has 1 heterocycles. The van der Waals surface area contributed by atoms with Crippen molar-refractivity contribution in [3.05, 3.63) is 35.6 Å². The largest absolute Gasteiger partial charge is 0.387 e. The first-order valence-corrected chi connectivity index (χ1v) is 8.09. The highest BCUT2D eigenvalue weighted by molar-refractivity contribution is 5.78. The minimum absolute atomic E-state index is 0.245. The van der Waals surface area contributed by atoms with Crippen LogP contribution in [0.5, 0.6) is 0 Å². The van der Waals surface area contributed by atoms with Gasteiger partial charge in [0.05, 0.1) is 6.10 Å². The maximum absolute atomic E-state index is 13.0. The molecule has 22 heavy (non-hydrogen) atoms. The second kappa shape index (κ2) is 6.75. The van der Waals surface area contributed by atoms with Gasteiger partial charge in [-0.15, -0.1) is 0 Å². The number of halogens is 1. The summed E-state index contributed by atoms with van der Waals surface area (Å²) >= 11 is 0. The van der Waals surface area contributed by atoms with Gasteiger partial charge < -0.3 is 10.0 Å². The summed E-state index contributed by atoms with van der Waals surface area (Å²) in [4.78, 5) is 15.9. The van der Waals surface area contributed by atoms with Gasteiger partial charge in [0.1, 0.15) is 5.82 Å². The summed E-state index contributed by atoms with van der Waals surface area (Å²) in [7, 11) is 0. The van der Waals surface area contributed by atoms with Crippen molar-refractivity contribution in [1.82, 2.24) is 9.80 Å². The van der Waals surface area contributed by atoms with Crippen LogP contribution in [0.4, 0.5) is 4.39 Å². The number of aliphatic hydroxyl groups excluding tert-OH is 1. The van der Waals surface area contributed by atoms with Gasteiger partial charge in [0.25, 0.3) is 0 Å². The van der Waals surface area contributed by atoms with Crippen LogP contribution in [-0.4, -0.2) is 53.0 Å². The van der Waals surface area contributed by atoms with Crippen LogP contribution < -0.4 is 0 Å². The molecule has 4 nitrogen and oxygen atoms in total. The Morgan fingerprint density at radius 1 is 1.32 bits per heavy atom. The highest BCUT2D eigenvalue weighted by Gasteiger charge is 2.31. The Morgan fingerprint density at radius 2 is 2.05 bits per heavy atom. The predicted octanol–water partition coefficient (Wildman–Crippen LogP) is 1.95. The molecule has 1 N–H and O–H groups in total. The van der Waals surface area contributed by atoms with Crippen LogP contribution in [0.25, 0.3) is 0 Å². The number of carbonyl (C=O) groups is 1. The number of carbonyl (C=O) groups excluding carboxylic acids is 1. The fourth-order valence-electron chi connectivity index (χ4n) is 3.06. The molecule has 2 fully saturated rings. The van der Waals surface area contributed by atoms with Crippen molar-refractivity contribution < 1.29 is 14.3 Å². The third-order valence-corrected chi connectivity index (χ3v) is 4.55. The highest BCUT2D eigenvalue weighted by atomic mass is 19.1. The van der Waals surface area contributed by atoms with Gasteiger partial charge >= 0.3 is 0 Å². The van der Waals surface area contributed by atoms with Crippen LogP contribution in [0.1, 0.15) is 37.4 Å². The Morgan fingerprint density at radius 3 is 2.64 bits per heavy atom. The van der Waals surface area contributed by atoms with E-state index in [-0.39, 0.29) is 11.7 Å². The molecule has 3 rings (SSSR count). The molecule has 120 valence electrons. The van der Waals surface area contributed by atoms with Crippen LogP contribution >= 0.6 is 0 Å². The second-order valence-electron chi connectivity index (χ2n) is 6.28. The van der Waals surface area contributed by atoms with Crippen LogP contribution in [-0.2, 0) is 4.79 Å². The quantitative estimate of drug-likeness (QED) is 0.837. The molecule has 0 aromatic heterocycles. The summed E-state index contributed by atoms with van der Waals surface area (Å²) in [6.45, 7) is 2.94. The van der Waals surface area contributed by atoms with Crippen molar-refractivity contribution in [2.45, 2.75) is 37.8 Å². The smallest absolute Gasteiger partial charge is 0.222 e. The standard InChI is InChI=1S/C17H23FN2O2/c18-14-5-3-13(4-6-14)16(21)12-20(15-7-8-15)11-10-19-9-1-2-17(19)22/h3-6,15-16,21H,1-2,7-12H2. The van der Waals surface area contributed by atoms with Gasteiger partial charge in [-0.1, -0.05) is 12.1 Å². The molecule has 5 heteroatoms. The number of aliphatic hydroxyl groups is 1. The van der Waals surface area contributed by atoms with Crippen molar-refractivity contribution in [2.24, 2.45) is 0 Å². The lowest BCUT2D eigenvalue weighted by atomic mass is 10.1. The molecule has 2 aliphatic rings. The first-order valence-electron chi connectivity index (χ1n) is 8.09. The van der Waals surface area contributed by atoms with E-state index in [4.69, 9.17) is 0 Å². The van der Waals surface area contributed by atoms with E-state index in [2.05, 4.69) is 4.90 Å². The van der Waals surface area contributed by atoms with Crippen LogP contribution in [0.3, 0.4) is 0 Å². The van der Waals surface area contributed by atoms with Gasteiger partial charge in [0.15, 0.2) is 0 Å². The SMILES string of the molecule is O=C1CCCN1CCN(CC(O)c1ccc(F)cc1)C1CC1. The first kappa shape index (κ1) is 15.4. The van der Waals surface area contributed by atoms with E-state index in [9.17, 15) is 14.3 Å². The Kier molecular flexibility index (Phi) is 4.74. The summed E-state index contributed by atoms with van der Waals surface area (Å²) in [5.41, 5.74) is 0.740. The summed E-state index contributed by atoms with van der Waals surface area (Å²) in [6, 6.07) is 6.54. The number of rotatable bonds is 7. The van der Waals surface area contributed by atoms with E-state index in [0.717, 1.165) is 44.5 Å². The molecule has 1 aliphatic heterocycles. The minimum atomic E-state index is -0.615. The molecule has 1 saturated heterocycles. The Balaban J connectivity index is 1.54. The molecule has 0 bridgehead atoms. The summed E-state index contributed by atoms with van der Waals surface area (Å²) in [6.07, 6.45) is 3.33. The molecule has 1 aromatic carbocycles. The topological polar surface area (TPSA) is 43.8 Å². The van der Waals surface area contributed by atoms with Crippen molar-refractivity contribution in [2.75, 3.05) is 26.2 Å². The Hall–Kier alpha value is -1.46. The maximum atomic E-state index is 13.0. The summed E-state index contributed by atoms with van der Waals surface area (Å²) in [5.74, 6) is -0.0441. The number of benzene rings is 1. The fraction of sp³-hybridized carbons (Fsp3) is 0.588. The van der Waals surface area contributed by atoms with Gasteiger partial charge in [-0.2, -0.15) is 0 Å². The first-order chi connectivity index (χ1) is 10.6. The van der Waals surface area contributed by atoms with Gasteiger partial charge in [-0.05, 0) is 37.0 Å². The minimum Gasteiger partial charge on any atom is -0.387 e. The predicted molar refractivity (Wildman–Crippen MR) is 81.8 cm³/mol. The fourth-order valence-corrected chi connectivity index (χ4v) is 3.06. The second-order valence-corrected chi connectivity index (χ2v) is 6.28. The van der Waals surface area contributed by atoms with Gasteiger partial charge in [-0.3, -0.25) is 9.69 Å². The third-order valence-electron chi connectivity index (χ3n) is 4.55. The lowest BCUT2D eigenvalue weighted by Crippen LogP contribution is -2.39. The lowest BCUT2D eigenvalue weighted by Gasteiger charge is -2.27. The number of amides is 1. The van der Waals surface area contributed by atoms with E-state index >= 15 is 0 Å². The van der Waals surface area contributed by atoms with E-state index in [1.54, 1.807) is 12.1 Å². The van der Waals surface area contributed by atoms with E-state index in [0.29, 0.717) is 19.0 Å². The highest BCUT2D eigenvalue weighted by Crippen LogP contribution is 2.29. The van der Waals surface area contributed by atoms with Crippen LogP contribution in [0.2, 0.25) is 0 Å². The molecule has 1 aliphatic carbocycles. The molecule has 1 saturated carbocycles. The number of nitrogens with zero attached hydrogens (tertiary/aromatic N) is 2. The zero-order chi connectivity index (χ0) is 15.5. The third kappa shape index (κ3) is 3.84. The van der Waals surface area contributed by atoms with E-state index < -0.39 is 6.10 Å². The zero-order valence-corrected chi connectivity index (χ0v) is 12.7. The maximum Gasteiger partial charge on any atom is 0.222 e. The zero-order valence-electron chi connectivity index (χ0n) is 12.7. The molecule has 0 radical (unpaired) electrons. The van der Waals surface area contributed by atoms with Crippen molar-refractivity contribution >= 4 is 5.91 Å². The molecule has 0 spiro atoms. The number of likely N-dealkylation sites (tertiary alicyclic amines) is 1. The monoisotopic (exact) mass is 306 g/mol. The van der Waals surface area contributed by atoms with Crippen molar-refractivity contribution in [1.29, 1.82) is 0 Å². The van der Waals surface area contributed by atoms with Crippen LogP contribution in [0.15, 0.2) is 24.3 Å². The molecule has 1 amide bonds. The molecule has 1 atom stereocenters. The normalized spacial score (nSPS) is 20.0. The van der Waals surface area contributed by atoms with E-state index in [1.165, 1.54) is 12.1 Å². The summed E-state index contributed by atoms with van der Waals surface area (Å²) in [5, 5.41) is 10.4. The number of hydrogen-bond donors (Lipinski definition) is 1. The summed E-state index contributed by atoms with van der Waals surface area (Å²) < 4.78 is 13.0. The van der Waals surface area contributed by atoms with Gasteiger partial charge in [0, 0.05) is 38.6 Å². The Bertz CT molecular complexity index is 516. The van der Waals surface area contributed by atoms with Crippen molar-refractivity contribution in [3.8, 4) is 0 Å². The van der Waals surface area contributed by atoms with Crippen molar-refractivity contribution in [3.63, 3.8) is 0 Å². The molecule has 1 aromatic rings. The molecular weight excluding hydrogens is 283 g/mol. The van der Waals surface area contributed by atoms with Gasteiger partial charge in [-0.25, -0.2) is 4.39 Å². The van der Waals surface area contributed by atoms with Gasteiger partial charge in [0.2, 0.25) is 5.91 Å². The van der Waals surface area contributed by atoms with Crippen LogP contribution in [0, 0.1) is 5.82 Å². The molecular formula is C17H23FN2O2. The average molecular weight is 306 g/mol.